The summed E-state index contributed by atoms with van der Waals surface area (Å²) in [5.74, 6) is 0. The molecule has 80 heavy (non-hydrogen) atoms. The Morgan fingerprint density at radius 3 is 0.325 bits per heavy atom. The molecule has 2 heteroatoms. The molecular weight excluding hydrogens is 965 g/mol. The minimum Gasteiger partial charge on any atom is -0.311 e. The van der Waals surface area contributed by atoms with Gasteiger partial charge in [-0.25, -0.2) is 0 Å². The molecule has 0 aliphatic carbocycles. The van der Waals surface area contributed by atoms with E-state index in [2.05, 4.69) is 350 Å². The molecule has 0 aliphatic heterocycles. The molecule has 0 spiro atoms. The Labute approximate surface area is 470 Å². The van der Waals surface area contributed by atoms with Crippen LogP contribution in [0.1, 0.15) is 0 Å². The Kier molecular flexibility index (Phi) is 13.8. The molecule has 0 atom stereocenters. The van der Waals surface area contributed by atoms with E-state index in [0.717, 1.165) is 45.3 Å². The van der Waals surface area contributed by atoms with E-state index in [1.165, 1.54) is 77.9 Å². The van der Waals surface area contributed by atoms with Gasteiger partial charge in [-0.15, -0.1) is 0 Å². The van der Waals surface area contributed by atoms with Crippen LogP contribution in [0.15, 0.2) is 340 Å². The number of hydrogen-bond acceptors (Lipinski definition) is 2. The molecule has 0 heterocycles. The Balaban J connectivity index is 0.744. The second-order valence-electron chi connectivity index (χ2n) is 20.1. The van der Waals surface area contributed by atoms with Crippen molar-refractivity contribution >= 4 is 34.1 Å². The first kappa shape index (κ1) is 49.1. The molecule has 0 radical (unpaired) electrons. The third kappa shape index (κ3) is 10.6. The third-order valence-corrected chi connectivity index (χ3v) is 15.2. The Bertz CT molecular complexity index is 4010. The molecule has 378 valence electrons. The fraction of sp³-hybridized carbons (Fsp3) is 0. The average Bonchev–Trinajstić information content (AvgIpc) is 3.55. The van der Waals surface area contributed by atoms with Crippen LogP contribution in [0, 0.1) is 0 Å². The predicted molar refractivity (Wildman–Crippen MR) is 339 cm³/mol. The molecule has 0 saturated heterocycles. The number of benzene rings is 13. The van der Waals surface area contributed by atoms with Gasteiger partial charge in [0.1, 0.15) is 0 Å². The van der Waals surface area contributed by atoms with E-state index in [1.54, 1.807) is 0 Å². The van der Waals surface area contributed by atoms with E-state index in [1.807, 2.05) is 0 Å². The van der Waals surface area contributed by atoms with Crippen molar-refractivity contribution in [3.8, 4) is 89.0 Å². The van der Waals surface area contributed by atoms with Crippen LogP contribution in [-0.4, -0.2) is 0 Å². The zero-order valence-electron chi connectivity index (χ0n) is 44.2. The van der Waals surface area contributed by atoms with Crippen LogP contribution >= 0.6 is 0 Å². The molecule has 13 aromatic rings. The standard InChI is InChI=1S/C78H56N2/c1-5-13-57(14-6-1)61-21-23-62(24-22-61)63-25-27-64(28-26-63)70-39-53-77(54-40-70)80(75-49-37-69(38-50-75)60-19-11-4-12-20-60)78-55-43-72(44-56-78)66-31-29-65(30-32-66)71-41-51-76(52-42-71)79(73-45-33-67(34-46-73)58-15-7-2-8-16-58)74-47-35-68(36-48-74)59-17-9-3-10-18-59/h1-56H. The molecule has 13 aromatic carbocycles. The molecule has 0 aliphatic rings. The van der Waals surface area contributed by atoms with E-state index in [4.69, 9.17) is 0 Å². The van der Waals surface area contributed by atoms with Crippen LogP contribution in [0.5, 0.6) is 0 Å². The van der Waals surface area contributed by atoms with E-state index in [9.17, 15) is 0 Å². The summed E-state index contributed by atoms with van der Waals surface area (Å²) in [5.41, 5.74) is 25.6. The van der Waals surface area contributed by atoms with Crippen molar-refractivity contribution in [1.82, 2.24) is 0 Å². The fourth-order valence-corrected chi connectivity index (χ4v) is 10.8. The molecule has 0 amide bonds. The quantitative estimate of drug-likeness (QED) is 0.107. The summed E-state index contributed by atoms with van der Waals surface area (Å²) >= 11 is 0. The maximum atomic E-state index is 2.35. The first-order valence-corrected chi connectivity index (χ1v) is 27.4. The Hall–Kier alpha value is -10.5. The normalized spacial score (nSPS) is 11.0. The number of rotatable bonds is 14. The van der Waals surface area contributed by atoms with Gasteiger partial charge < -0.3 is 9.80 Å². The second kappa shape index (κ2) is 22.6. The van der Waals surface area contributed by atoms with Crippen molar-refractivity contribution in [2.45, 2.75) is 0 Å². The molecule has 0 unspecified atom stereocenters. The lowest BCUT2D eigenvalue weighted by Crippen LogP contribution is -2.09. The monoisotopic (exact) mass is 1020 g/mol. The number of hydrogen-bond donors (Lipinski definition) is 0. The number of nitrogens with zero attached hydrogens (tertiary/aromatic N) is 2. The van der Waals surface area contributed by atoms with Gasteiger partial charge in [0.25, 0.3) is 0 Å². The minimum absolute atomic E-state index is 1.08. The summed E-state index contributed by atoms with van der Waals surface area (Å²) in [7, 11) is 0. The van der Waals surface area contributed by atoms with E-state index >= 15 is 0 Å². The summed E-state index contributed by atoms with van der Waals surface area (Å²) in [4.78, 5) is 4.68. The Morgan fingerprint density at radius 1 is 0.100 bits per heavy atom. The van der Waals surface area contributed by atoms with Gasteiger partial charge in [0.15, 0.2) is 0 Å². The summed E-state index contributed by atoms with van der Waals surface area (Å²) in [5, 5.41) is 0. The van der Waals surface area contributed by atoms with Gasteiger partial charge in [-0.1, -0.05) is 267 Å². The summed E-state index contributed by atoms with van der Waals surface area (Å²) in [6.07, 6.45) is 0. The third-order valence-electron chi connectivity index (χ3n) is 15.2. The summed E-state index contributed by atoms with van der Waals surface area (Å²) < 4.78 is 0. The van der Waals surface area contributed by atoms with Gasteiger partial charge in [-0.3, -0.25) is 0 Å². The van der Waals surface area contributed by atoms with Crippen molar-refractivity contribution in [2.24, 2.45) is 0 Å². The van der Waals surface area contributed by atoms with Crippen molar-refractivity contribution < 1.29 is 0 Å². The molecular formula is C78H56N2. The van der Waals surface area contributed by atoms with Crippen LogP contribution in [0.25, 0.3) is 89.0 Å². The predicted octanol–water partition coefficient (Wildman–Crippen LogP) is 22.0. The molecule has 0 N–H and O–H groups in total. The van der Waals surface area contributed by atoms with Crippen molar-refractivity contribution in [2.75, 3.05) is 9.80 Å². The zero-order chi connectivity index (χ0) is 53.5. The van der Waals surface area contributed by atoms with Gasteiger partial charge in [0, 0.05) is 34.1 Å². The van der Waals surface area contributed by atoms with Gasteiger partial charge in [-0.2, -0.15) is 0 Å². The van der Waals surface area contributed by atoms with Gasteiger partial charge in [0.05, 0.1) is 0 Å². The number of anilines is 6. The first-order chi connectivity index (χ1) is 39.6. The summed E-state index contributed by atoms with van der Waals surface area (Å²) in [6, 6.07) is 122. The maximum absolute atomic E-state index is 2.35. The maximum Gasteiger partial charge on any atom is 0.0462 e. The van der Waals surface area contributed by atoms with Crippen LogP contribution in [-0.2, 0) is 0 Å². The van der Waals surface area contributed by atoms with Crippen molar-refractivity contribution in [3.05, 3.63) is 340 Å². The topological polar surface area (TPSA) is 6.48 Å². The summed E-state index contributed by atoms with van der Waals surface area (Å²) in [6.45, 7) is 0. The van der Waals surface area contributed by atoms with Crippen LogP contribution in [0.3, 0.4) is 0 Å². The van der Waals surface area contributed by atoms with Crippen molar-refractivity contribution in [1.29, 1.82) is 0 Å². The van der Waals surface area contributed by atoms with E-state index in [0.29, 0.717) is 0 Å². The lowest BCUT2D eigenvalue weighted by molar-refractivity contribution is 1.28. The smallest absolute Gasteiger partial charge is 0.0462 e. The molecule has 0 saturated carbocycles. The molecule has 13 rings (SSSR count). The van der Waals surface area contributed by atoms with Gasteiger partial charge in [-0.05, 0) is 162 Å². The van der Waals surface area contributed by atoms with Crippen molar-refractivity contribution in [3.63, 3.8) is 0 Å². The van der Waals surface area contributed by atoms with E-state index < -0.39 is 0 Å². The molecule has 2 nitrogen and oxygen atoms in total. The van der Waals surface area contributed by atoms with Crippen LogP contribution < -0.4 is 9.80 Å². The molecule has 0 bridgehead atoms. The highest BCUT2D eigenvalue weighted by Crippen LogP contribution is 2.41. The highest BCUT2D eigenvalue weighted by molar-refractivity contribution is 5.84. The second-order valence-corrected chi connectivity index (χ2v) is 20.1. The van der Waals surface area contributed by atoms with E-state index in [-0.39, 0.29) is 0 Å². The first-order valence-electron chi connectivity index (χ1n) is 27.4. The SMILES string of the molecule is c1ccc(-c2ccc(-c3ccc(-c4ccc(N(c5ccc(-c6ccccc6)cc5)c5ccc(-c6ccc(-c7ccc(N(c8ccc(-c9ccccc9)cc8)c8ccc(-c9ccccc9)cc8)cc7)cc6)cc5)cc4)cc3)cc2)cc1. The minimum atomic E-state index is 1.08. The highest BCUT2D eigenvalue weighted by Gasteiger charge is 2.17. The lowest BCUT2D eigenvalue weighted by atomic mass is 9.98. The highest BCUT2D eigenvalue weighted by atomic mass is 15.1. The average molecular weight is 1020 g/mol. The molecule has 0 aromatic heterocycles. The van der Waals surface area contributed by atoms with Crippen LogP contribution in [0.2, 0.25) is 0 Å². The lowest BCUT2D eigenvalue weighted by Gasteiger charge is -2.26. The Morgan fingerprint density at radius 2 is 0.200 bits per heavy atom. The van der Waals surface area contributed by atoms with Gasteiger partial charge >= 0.3 is 0 Å². The fourth-order valence-electron chi connectivity index (χ4n) is 10.8. The zero-order valence-corrected chi connectivity index (χ0v) is 44.2. The van der Waals surface area contributed by atoms with Crippen LogP contribution in [0.4, 0.5) is 34.1 Å². The van der Waals surface area contributed by atoms with Gasteiger partial charge in [0.2, 0.25) is 0 Å². The largest absolute Gasteiger partial charge is 0.311 e. The molecule has 0 fully saturated rings.